The van der Waals surface area contributed by atoms with Gasteiger partial charge in [-0.3, -0.25) is 0 Å². The summed E-state index contributed by atoms with van der Waals surface area (Å²) < 4.78 is 7.34. The molecule has 0 heterocycles. The third-order valence-electron chi connectivity index (χ3n) is 2.96. The summed E-state index contributed by atoms with van der Waals surface area (Å²) in [4.78, 5) is 0. The Morgan fingerprint density at radius 2 is 1.88 bits per heavy atom. The van der Waals surface area contributed by atoms with E-state index in [-0.39, 0.29) is 0 Å². The van der Waals surface area contributed by atoms with Crippen molar-refractivity contribution in [1.29, 1.82) is 0 Å². The lowest BCUT2D eigenvalue weighted by atomic mass is 10.2. The van der Waals surface area contributed by atoms with Crippen LogP contribution in [0.3, 0.4) is 0 Å². The lowest BCUT2D eigenvalue weighted by Gasteiger charge is -2.16. The molecule has 1 aliphatic carbocycles. The summed E-state index contributed by atoms with van der Waals surface area (Å²) in [7, 11) is 1.69. The number of hydrogen-bond acceptors (Lipinski definition) is 2. The molecule has 0 aromatic heterocycles. The molecule has 16 heavy (non-hydrogen) atoms. The fourth-order valence-electron chi connectivity index (χ4n) is 2.09. The molecule has 0 saturated heterocycles. The fourth-order valence-corrected chi connectivity index (χ4v) is 3.36. The molecule has 0 spiro atoms. The van der Waals surface area contributed by atoms with Gasteiger partial charge in [-0.25, -0.2) is 0 Å². The summed E-state index contributed by atoms with van der Waals surface area (Å²) in [5.41, 5.74) is 1.12. The van der Waals surface area contributed by atoms with E-state index in [9.17, 15) is 0 Å². The smallest absolute Gasteiger partial charge is 0.135 e. The molecule has 4 heteroatoms. The van der Waals surface area contributed by atoms with Crippen molar-refractivity contribution in [2.45, 2.75) is 31.7 Å². The number of anilines is 1. The van der Waals surface area contributed by atoms with Gasteiger partial charge in [0.2, 0.25) is 0 Å². The maximum Gasteiger partial charge on any atom is 0.135 e. The second-order valence-electron chi connectivity index (χ2n) is 4.09. The summed E-state index contributed by atoms with van der Waals surface area (Å²) in [5, 5.41) is 3.56. The van der Waals surface area contributed by atoms with Gasteiger partial charge in [0.1, 0.15) is 5.75 Å². The lowest BCUT2D eigenvalue weighted by Crippen LogP contribution is -2.14. The van der Waals surface area contributed by atoms with Crippen LogP contribution in [0.5, 0.6) is 5.75 Å². The van der Waals surface area contributed by atoms with Crippen LogP contribution in [0.25, 0.3) is 0 Å². The first-order valence-corrected chi connectivity index (χ1v) is 7.09. The van der Waals surface area contributed by atoms with E-state index >= 15 is 0 Å². The Hall–Kier alpha value is -0.220. The van der Waals surface area contributed by atoms with Crippen LogP contribution >= 0.6 is 31.9 Å². The zero-order valence-electron chi connectivity index (χ0n) is 9.22. The number of hydrogen-bond donors (Lipinski definition) is 1. The van der Waals surface area contributed by atoms with Crippen LogP contribution in [0, 0.1) is 0 Å². The van der Waals surface area contributed by atoms with Crippen molar-refractivity contribution >= 4 is 37.5 Å². The highest BCUT2D eigenvalue weighted by molar-refractivity contribution is 9.11. The number of rotatable bonds is 3. The number of methoxy groups -OCH3 is 1. The number of benzene rings is 1. The maximum atomic E-state index is 5.30. The minimum absolute atomic E-state index is 0.613. The number of nitrogens with one attached hydrogen (secondary N) is 1. The number of halogens is 2. The van der Waals surface area contributed by atoms with E-state index in [1.54, 1.807) is 7.11 Å². The molecule has 2 rings (SSSR count). The third kappa shape index (κ3) is 2.72. The molecule has 1 saturated carbocycles. The third-order valence-corrected chi connectivity index (χ3v) is 4.23. The van der Waals surface area contributed by atoms with E-state index in [1.807, 2.05) is 12.1 Å². The van der Waals surface area contributed by atoms with Gasteiger partial charge < -0.3 is 10.1 Å². The Labute approximate surface area is 113 Å². The van der Waals surface area contributed by atoms with Crippen molar-refractivity contribution in [3.8, 4) is 5.75 Å². The molecule has 0 unspecified atom stereocenters. The quantitative estimate of drug-likeness (QED) is 0.863. The van der Waals surface area contributed by atoms with Crippen molar-refractivity contribution in [2.24, 2.45) is 0 Å². The SMILES string of the molecule is COc1cc(NC2CCCC2)c(Br)cc1Br. The van der Waals surface area contributed by atoms with Gasteiger partial charge in [0.05, 0.1) is 17.3 Å². The molecule has 2 nitrogen and oxygen atoms in total. The molecule has 1 aromatic rings. The monoisotopic (exact) mass is 347 g/mol. The standard InChI is InChI=1S/C12H15Br2NO/c1-16-12-7-11(9(13)6-10(12)14)15-8-4-2-3-5-8/h6-8,15H,2-5H2,1H3. The zero-order valence-corrected chi connectivity index (χ0v) is 12.4. The molecule has 1 aliphatic rings. The average molecular weight is 349 g/mol. The van der Waals surface area contributed by atoms with Crippen LogP contribution in [-0.2, 0) is 0 Å². The molecule has 1 N–H and O–H groups in total. The molecule has 0 bridgehead atoms. The second kappa shape index (κ2) is 5.41. The molecular weight excluding hydrogens is 334 g/mol. The van der Waals surface area contributed by atoms with E-state index in [4.69, 9.17) is 4.74 Å². The predicted octanol–water partition coefficient (Wildman–Crippen LogP) is 4.57. The van der Waals surface area contributed by atoms with Crippen LogP contribution in [0.2, 0.25) is 0 Å². The van der Waals surface area contributed by atoms with Crippen molar-refractivity contribution in [3.63, 3.8) is 0 Å². The fraction of sp³-hybridized carbons (Fsp3) is 0.500. The Morgan fingerprint density at radius 3 is 2.50 bits per heavy atom. The Kier molecular flexibility index (Phi) is 4.14. The van der Waals surface area contributed by atoms with E-state index in [2.05, 4.69) is 37.2 Å². The number of ether oxygens (including phenoxy) is 1. The van der Waals surface area contributed by atoms with E-state index < -0.39 is 0 Å². The van der Waals surface area contributed by atoms with Gasteiger partial charge in [-0.15, -0.1) is 0 Å². The minimum Gasteiger partial charge on any atom is -0.495 e. The normalized spacial score (nSPS) is 16.4. The van der Waals surface area contributed by atoms with Crippen LogP contribution in [-0.4, -0.2) is 13.2 Å². The summed E-state index contributed by atoms with van der Waals surface area (Å²) >= 11 is 7.04. The highest BCUT2D eigenvalue weighted by Crippen LogP contribution is 2.36. The Morgan fingerprint density at radius 1 is 1.19 bits per heavy atom. The van der Waals surface area contributed by atoms with Gasteiger partial charge in [0.15, 0.2) is 0 Å². The Balaban J connectivity index is 2.18. The lowest BCUT2D eigenvalue weighted by molar-refractivity contribution is 0.412. The summed E-state index contributed by atoms with van der Waals surface area (Å²) in [5.74, 6) is 0.865. The van der Waals surface area contributed by atoms with Gasteiger partial charge in [-0.1, -0.05) is 12.8 Å². The van der Waals surface area contributed by atoms with Crippen LogP contribution in [0.15, 0.2) is 21.1 Å². The van der Waals surface area contributed by atoms with E-state index in [0.717, 1.165) is 20.4 Å². The minimum atomic E-state index is 0.613. The average Bonchev–Trinajstić information content (AvgIpc) is 2.75. The molecule has 1 fully saturated rings. The molecule has 0 amide bonds. The maximum absolute atomic E-state index is 5.30. The summed E-state index contributed by atoms with van der Waals surface area (Å²) in [6.45, 7) is 0. The van der Waals surface area contributed by atoms with Gasteiger partial charge in [0.25, 0.3) is 0 Å². The predicted molar refractivity (Wildman–Crippen MR) is 74.3 cm³/mol. The highest BCUT2D eigenvalue weighted by atomic mass is 79.9. The van der Waals surface area contributed by atoms with Crippen molar-refractivity contribution in [1.82, 2.24) is 0 Å². The zero-order chi connectivity index (χ0) is 11.5. The molecule has 0 atom stereocenters. The van der Waals surface area contributed by atoms with Crippen LogP contribution in [0.1, 0.15) is 25.7 Å². The van der Waals surface area contributed by atoms with E-state index in [0.29, 0.717) is 6.04 Å². The van der Waals surface area contributed by atoms with Crippen LogP contribution < -0.4 is 10.1 Å². The Bertz CT molecular complexity index is 376. The summed E-state index contributed by atoms with van der Waals surface area (Å²) in [6.07, 6.45) is 5.21. The molecule has 88 valence electrons. The molecule has 0 radical (unpaired) electrons. The van der Waals surface area contributed by atoms with Crippen molar-refractivity contribution < 1.29 is 4.74 Å². The molecular formula is C12H15Br2NO. The topological polar surface area (TPSA) is 21.3 Å². The van der Waals surface area contributed by atoms with Gasteiger partial charge in [0, 0.05) is 16.6 Å². The highest BCUT2D eigenvalue weighted by Gasteiger charge is 2.16. The largest absolute Gasteiger partial charge is 0.495 e. The van der Waals surface area contributed by atoms with Gasteiger partial charge >= 0.3 is 0 Å². The van der Waals surface area contributed by atoms with Gasteiger partial charge in [-0.2, -0.15) is 0 Å². The van der Waals surface area contributed by atoms with Crippen LogP contribution in [0.4, 0.5) is 5.69 Å². The van der Waals surface area contributed by atoms with Crippen molar-refractivity contribution in [2.75, 3.05) is 12.4 Å². The first kappa shape index (κ1) is 12.2. The first-order chi connectivity index (χ1) is 7.70. The van der Waals surface area contributed by atoms with E-state index in [1.165, 1.54) is 25.7 Å². The van der Waals surface area contributed by atoms with Gasteiger partial charge in [-0.05, 0) is 50.8 Å². The molecule has 0 aliphatic heterocycles. The molecule has 1 aromatic carbocycles. The van der Waals surface area contributed by atoms with Crippen molar-refractivity contribution in [3.05, 3.63) is 21.1 Å². The summed E-state index contributed by atoms with van der Waals surface area (Å²) in [6, 6.07) is 4.67. The first-order valence-electron chi connectivity index (χ1n) is 5.50. The second-order valence-corrected chi connectivity index (χ2v) is 5.80.